The molecule has 0 aromatic rings. The summed E-state index contributed by atoms with van der Waals surface area (Å²) in [6.45, 7) is 12.5. The molecule has 1 heterocycles. The molecule has 1 amide bonds. The van der Waals surface area contributed by atoms with E-state index in [2.05, 4.69) is 23.6 Å². The Kier molecular flexibility index (Phi) is 18.4. The van der Waals surface area contributed by atoms with E-state index in [1.807, 2.05) is 6.92 Å². The zero-order chi connectivity index (χ0) is 22.6. The average Bonchev–Trinajstić information content (AvgIpc) is 2.80. The molecular formula is C28H56N2O. The highest BCUT2D eigenvalue weighted by atomic mass is 16.2. The molecule has 0 radical (unpaired) electrons. The van der Waals surface area contributed by atoms with Gasteiger partial charge < -0.3 is 9.80 Å². The van der Waals surface area contributed by atoms with Gasteiger partial charge in [0.25, 0.3) is 0 Å². The van der Waals surface area contributed by atoms with Crippen molar-refractivity contribution in [1.82, 2.24) is 9.80 Å². The highest BCUT2D eigenvalue weighted by Crippen LogP contribution is 2.22. The van der Waals surface area contributed by atoms with Crippen LogP contribution in [0.3, 0.4) is 0 Å². The van der Waals surface area contributed by atoms with Gasteiger partial charge in [0.15, 0.2) is 0 Å². The van der Waals surface area contributed by atoms with E-state index >= 15 is 0 Å². The third-order valence-electron chi connectivity index (χ3n) is 7.28. The van der Waals surface area contributed by atoms with Crippen LogP contribution in [0.4, 0.5) is 0 Å². The Morgan fingerprint density at radius 2 is 1.13 bits per heavy atom. The van der Waals surface area contributed by atoms with Gasteiger partial charge in [-0.25, -0.2) is 0 Å². The van der Waals surface area contributed by atoms with Gasteiger partial charge in [0, 0.05) is 19.5 Å². The minimum atomic E-state index is 0.345. The lowest BCUT2D eigenvalue weighted by Gasteiger charge is -2.33. The number of hydrogen-bond donors (Lipinski definition) is 0. The first-order valence-corrected chi connectivity index (χ1v) is 14.2. The molecule has 0 unspecified atom stereocenters. The molecule has 0 atom stereocenters. The van der Waals surface area contributed by atoms with Crippen LogP contribution in [0.25, 0.3) is 0 Å². The lowest BCUT2D eigenvalue weighted by atomic mass is 9.93. The quantitative estimate of drug-likeness (QED) is 0.182. The summed E-state index contributed by atoms with van der Waals surface area (Å²) >= 11 is 0. The molecule has 0 aliphatic carbocycles. The highest BCUT2D eigenvalue weighted by Gasteiger charge is 2.22. The van der Waals surface area contributed by atoms with E-state index in [-0.39, 0.29) is 0 Å². The monoisotopic (exact) mass is 436 g/mol. The van der Waals surface area contributed by atoms with Crippen molar-refractivity contribution in [1.29, 1.82) is 0 Å². The van der Waals surface area contributed by atoms with Crippen LogP contribution in [0.15, 0.2) is 0 Å². The molecule has 0 spiro atoms. The third kappa shape index (κ3) is 15.0. The number of hydrogen-bond acceptors (Lipinski definition) is 2. The zero-order valence-electron chi connectivity index (χ0n) is 21.6. The van der Waals surface area contributed by atoms with E-state index < -0.39 is 0 Å². The number of carbonyl (C=O) groups excluding carboxylic acids is 1. The molecule has 0 bridgehead atoms. The predicted molar refractivity (Wildman–Crippen MR) is 137 cm³/mol. The number of carbonyl (C=O) groups is 1. The van der Waals surface area contributed by atoms with E-state index in [0.29, 0.717) is 12.3 Å². The molecule has 1 aliphatic heterocycles. The summed E-state index contributed by atoms with van der Waals surface area (Å²) in [4.78, 5) is 16.8. The van der Waals surface area contributed by atoms with Crippen molar-refractivity contribution in [2.45, 2.75) is 136 Å². The first kappa shape index (κ1) is 28.5. The molecule has 0 aromatic heterocycles. The Balaban J connectivity index is 2.25. The molecular weight excluding hydrogens is 380 g/mol. The maximum Gasteiger partial charge on any atom is 0.222 e. The van der Waals surface area contributed by atoms with E-state index in [0.717, 1.165) is 19.0 Å². The lowest BCUT2D eigenvalue weighted by Crippen LogP contribution is -2.39. The molecule has 1 rings (SSSR count). The molecule has 1 fully saturated rings. The highest BCUT2D eigenvalue weighted by molar-refractivity contribution is 5.75. The molecule has 3 heteroatoms. The summed E-state index contributed by atoms with van der Waals surface area (Å²) in [5, 5.41) is 0. The predicted octanol–water partition coefficient (Wildman–Crippen LogP) is 7.83. The second-order valence-electron chi connectivity index (χ2n) is 10.1. The van der Waals surface area contributed by atoms with Gasteiger partial charge in [-0.05, 0) is 57.7 Å². The Morgan fingerprint density at radius 3 is 1.58 bits per heavy atom. The fourth-order valence-electron chi connectivity index (χ4n) is 4.98. The Labute approximate surface area is 195 Å². The number of rotatable bonds is 20. The van der Waals surface area contributed by atoms with Crippen LogP contribution in [0.5, 0.6) is 0 Å². The van der Waals surface area contributed by atoms with Crippen LogP contribution in [0.1, 0.15) is 136 Å². The minimum Gasteiger partial charge on any atom is -0.343 e. The summed E-state index contributed by atoms with van der Waals surface area (Å²) in [5.41, 5.74) is 0. The smallest absolute Gasteiger partial charge is 0.222 e. The number of likely N-dealkylation sites (tertiary alicyclic amines) is 1. The number of unbranched alkanes of at least 4 members (excludes halogenated alkanes) is 12. The summed E-state index contributed by atoms with van der Waals surface area (Å²) in [6.07, 6.45) is 24.1. The summed E-state index contributed by atoms with van der Waals surface area (Å²) in [6, 6.07) is 0. The maximum absolute atomic E-state index is 11.9. The van der Waals surface area contributed by atoms with Crippen LogP contribution in [0, 0.1) is 5.92 Å². The van der Waals surface area contributed by atoms with Gasteiger partial charge in [0.2, 0.25) is 5.91 Å². The largest absolute Gasteiger partial charge is 0.343 e. The van der Waals surface area contributed by atoms with Gasteiger partial charge >= 0.3 is 0 Å². The second-order valence-corrected chi connectivity index (χ2v) is 10.1. The van der Waals surface area contributed by atoms with Crippen molar-refractivity contribution >= 4 is 5.91 Å². The van der Waals surface area contributed by atoms with Crippen LogP contribution >= 0.6 is 0 Å². The van der Waals surface area contributed by atoms with Crippen molar-refractivity contribution in [3.8, 4) is 0 Å². The van der Waals surface area contributed by atoms with Gasteiger partial charge in [0.05, 0.1) is 0 Å². The van der Waals surface area contributed by atoms with Gasteiger partial charge in [-0.3, -0.25) is 4.79 Å². The van der Waals surface area contributed by atoms with Crippen molar-refractivity contribution < 1.29 is 4.79 Å². The van der Waals surface area contributed by atoms with Crippen LogP contribution < -0.4 is 0 Å². The number of nitrogens with zero attached hydrogens (tertiary/aromatic N) is 2. The Bertz CT molecular complexity index is 386. The minimum absolute atomic E-state index is 0.345. The molecule has 184 valence electrons. The van der Waals surface area contributed by atoms with Crippen LogP contribution in [-0.2, 0) is 4.79 Å². The van der Waals surface area contributed by atoms with Gasteiger partial charge in [-0.15, -0.1) is 0 Å². The molecule has 0 saturated carbocycles. The van der Waals surface area contributed by atoms with Crippen LogP contribution in [0.2, 0.25) is 0 Å². The number of amides is 1. The van der Waals surface area contributed by atoms with Crippen molar-refractivity contribution in [3.05, 3.63) is 0 Å². The van der Waals surface area contributed by atoms with E-state index in [1.165, 1.54) is 129 Å². The first-order chi connectivity index (χ1) is 15.2. The molecule has 0 aromatic carbocycles. The third-order valence-corrected chi connectivity index (χ3v) is 7.28. The van der Waals surface area contributed by atoms with Crippen molar-refractivity contribution in [2.75, 3.05) is 32.7 Å². The van der Waals surface area contributed by atoms with Crippen molar-refractivity contribution in [3.63, 3.8) is 0 Å². The van der Waals surface area contributed by atoms with Crippen LogP contribution in [-0.4, -0.2) is 48.4 Å². The Hall–Kier alpha value is -0.570. The summed E-state index contributed by atoms with van der Waals surface area (Å²) in [7, 11) is 0. The summed E-state index contributed by atoms with van der Waals surface area (Å²) < 4.78 is 0. The zero-order valence-corrected chi connectivity index (χ0v) is 21.6. The average molecular weight is 437 g/mol. The van der Waals surface area contributed by atoms with E-state index in [4.69, 9.17) is 0 Å². The standard InChI is InChI=1S/C28H56N2O/c1-4-7-9-11-13-15-17-22-29(23-18-16-14-12-10-8-5-2)24-19-27-20-25-30(26-21-27)28(31)6-3/h27H,4-26H2,1-3H3. The molecule has 1 saturated heterocycles. The topological polar surface area (TPSA) is 23.6 Å². The second kappa shape index (κ2) is 20.1. The first-order valence-electron chi connectivity index (χ1n) is 14.2. The van der Waals surface area contributed by atoms with E-state index in [1.54, 1.807) is 0 Å². The molecule has 3 nitrogen and oxygen atoms in total. The fourth-order valence-corrected chi connectivity index (χ4v) is 4.98. The molecule has 1 aliphatic rings. The van der Waals surface area contributed by atoms with Crippen molar-refractivity contribution in [2.24, 2.45) is 5.92 Å². The maximum atomic E-state index is 11.9. The fraction of sp³-hybridized carbons (Fsp3) is 0.964. The van der Waals surface area contributed by atoms with Gasteiger partial charge in [0.1, 0.15) is 0 Å². The number of piperidine rings is 1. The Morgan fingerprint density at radius 1 is 0.677 bits per heavy atom. The van der Waals surface area contributed by atoms with E-state index in [9.17, 15) is 4.79 Å². The SMILES string of the molecule is CCCCCCCCCN(CCCCCCCCC)CCC1CCN(C(=O)CC)CC1. The normalized spacial score (nSPS) is 15.2. The van der Waals surface area contributed by atoms with Gasteiger partial charge in [-0.1, -0.05) is 97.8 Å². The van der Waals surface area contributed by atoms with Gasteiger partial charge in [-0.2, -0.15) is 0 Å². The lowest BCUT2D eigenvalue weighted by molar-refractivity contribution is -0.132. The molecule has 31 heavy (non-hydrogen) atoms. The summed E-state index contributed by atoms with van der Waals surface area (Å²) in [5.74, 6) is 1.17. The molecule has 0 N–H and O–H groups in total.